The predicted octanol–water partition coefficient (Wildman–Crippen LogP) is 5.36. The zero-order valence-electron chi connectivity index (χ0n) is 31.3. The Kier molecular flexibility index (Phi) is 16.8. The van der Waals surface area contributed by atoms with E-state index in [2.05, 4.69) is 15.3 Å². The van der Waals surface area contributed by atoms with Crippen molar-refractivity contribution < 1.29 is 24.6 Å². The first-order chi connectivity index (χ1) is 24.6. The van der Waals surface area contributed by atoms with Crippen LogP contribution < -0.4 is 5.32 Å². The number of nitrogens with one attached hydrogen (secondary N) is 1. The Labute approximate surface area is 305 Å². The largest absolute Gasteiger partial charge is 0.390 e. The van der Waals surface area contributed by atoms with Gasteiger partial charge in [0.25, 0.3) is 0 Å². The minimum Gasteiger partial charge on any atom is -0.390 e. The lowest BCUT2D eigenvalue weighted by atomic mass is 9.82. The van der Waals surface area contributed by atoms with Gasteiger partial charge in [0.2, 0.25) is 17.7 Å². The van der Waals surface area contributed by atoms with Crippen LogP contribution in [0.25, 0.3) is 0 Å². The van der Waals surface area contributed by atoms with Gasteiger partial charge < -0.3 is 25.3 Å². The summed E-state index contributed by atoms with van der Waals surface area (Å²) < 4.78 is 0. The molecule has 2 saturated carbocycles. The molecule has 2 aromatic heterocycles. The Balaban J connectivity index is 1.52. The topological polar surface area (TPSA) is 136 Å². The van der Waals surface area contributed by atoms with Gasteiger partial charge in [-0.3, -0.25) is 24.4 Å². The van der Waals surface area contributed by atoms with Gasteiger partial charge in [-0.1, -0.05) is 77.3 Å². The Morgan fingerprint density at radius 1 is 0.902 bits per heavy atom. The number of aromatic nitrogens is 2. The fourth-order valence-corrected chi connectivity index (χ4v) is 7.83. The summed E-state index contributed by atoms with van der Waals surface area (Å²) in [5, 5.41) is 25.5. The summed E-state index contributed by atoms with van der Waals surface area (Å²) in [7, 11) is 1.76. The molecule has 282 valence electrons. The minimum absolute atomic E-state index is 0.0420. The smallest absolute Gasteiger partial charge is 0.241 e. The summed E-state index contributed by atoms with van der Waals surface area (Å²) in [6.07, 6.45) is 15.9. The third kappa shape index (κ3) is 13.9. The monoisotopic (exact) mass is 705 g/mol. The normalized spacial score (nSPS) is 18.1. The van der Waals surface area contributed by atoms with E-state index in [9.17, 15) is 24.6 Å². The molecule has 0 saturated heterocycles. The lowest BCUT2D eigenvalue weighted by Gasteiger charge is -2.34. The average Bonchev–Trinajstić information content (AvgIpc) is 3.14. The van der Waals surface area contributed by atoms with E-state index in [4.69, 9.17) is 0 Å². The van der Waals surface area contributed by atoms with Crippen LogP contribution in [-0.2, 0) is 27.2 Å². The van der Waals surface area contributed by atoms with Gasteiger partial charge in [-0.25, -0.2) is 0 Å². The van der Waals surface area contributed by atoms with Crippen molar-refractivity contribution in [1.29, 1.82) is 0 Å². The first kappa shape index (κ1) is 40.4. The summed E-state index contributed by atoms with van der Waals surface area (Å²) in [6.45, 7) is 4.94. The molecule has 0 radical (unpaired) electrons. The number of hydrogen-bond acceptors (Lipinski definition) is 7. The molecule has 51 heavy (non-hydrogen) atoms. The van der Waals surface area contributed by atoms with Gasteiger partial charge in [-0.15, -0.1) is 0 Å². The quantitative estimate of drug-likeness (QED) is 0.179. The number of aliphatic hydroxyl groups is 2. The van der Waals surface area contributed by atoms with Gasteiger partial charge in [0.15, 0.2) is 0 Å². The van der Waals surface area contributed by atoms with Crippen molar-refractivity contribution in [3.05, 3.63) is 60.2 Å². The van der Waals surface area contributed by atoms with Crippen molar-refractivity contribution in [2.24, 2.45) is 23.7 Å². The van der Waals surface area contributed by atoms with Crippen LogP contribution in [0.3, 0.4) is 0 Å². The van der Waals surface area contributed by atoms with Crippen LogP contribution in [0.1, 0.15) is 109 Å². The van der Waals surface area contributed by atoms with E-state index in [1.165, 1.54) is 12.8 Å². The van der Waals surface area contributed by atoms with Crippen LogP contribution >= 0.6 is 0 Å². The first-order valence-electron chi connectivity index (χ1n) is 19.6. The molecule has 2 aliphatic rings. The highest BCUT2D eigenvalue weighted by Gasteiger charge is 2.34. The first-order valence-corrected chi connectivity index (χ1v) is 19.6. The Morgan fingerprint density at radius 2 is 1.61 bits per heavy atom. The molecule has 0 bridgehead atoms. The number of hydrogen-bond donors (Lipinski definition) is 3. The van der Waals surface area contributed by atoms with E-state index < -0.39 is 24.2 Å². The molecule has 2 fully saturated rings. The highest BCUT2D eigenvalue weighted by molar-refractivity contribution is 5.89. The van der Waals surface area contributed by atoms with E-state index in [1.807, 2.05) is 44.2 Å². The highest BCUT2D eigenvalue weighted by atomic mass is 16.3. The predicted molar refractivity (Wildman–Crippen MR) is 199 cm³/mol. The molecule has 10 nitrogen and oxygen atoms in total. The Morgan fingerprint density at radius 3 is 2.24 bits per heavy atom. The minimum atomic E-state index is -1.12. The van der Waals surface area contributed by atoms with E-state index in [0.29, 0.717) is 50.6 Å². The van der Waals surface area contributed by atoms with Gasteiger partial charge in [0.1, 0.15) is 6.10 Å². The maximum absolute atomic E-state index is 14.3. The standard InChI is InChI=1S/C41H63N5O5/c1-30(2)23-37(47)40(50)36(25-31-13-6-4-7-14-31)44-41(51)34(24-33-17-12-20-42-27-33)26-38(48)46(28-32-15-8-5-9-16-32)29-39(49)45(3)22-19-35-18-10-11-21-43-35/h10-12,17-18,20-21,27,30-32,34,36-37,40,47,50H,4-9,13-16,19,22-26,28-29H2,1-3H3,(H,44,51)/t34-,36+,37+,40-/m1/s1. The van der Waals surface area contributed by atoms with Gasteiger partial charge in [-0.05, 0) is 73.6 Å². The molecule has 2 aromatic rings. The van der Waals surface area contributed by atoms with Gasteiger partial charge >= 0.3 is 0 Å². The number of carbonyl (C=O) groups excluding carboxylic acids is 3. The Hall–Kier alpha value is -3.37. The van der Waals surface area contributed by atoms with Crippen LogP contribution in [0.5, 0.6) is 0 Å². The van der Waals surface area contributed by atoms with Crippen molar-refractivity contribution in [3.63, 3.8) is 0 Å². The lowest BCUT2D eigenvalue weighted by molar-refractivity contribution is -0.142. The number of rotatable bonds is 19. The second-order valence-corrected chi connectivity index (χ2v) is 15.7. The van der Waals surface area contributed by atoms with Crippen LogP contribution in [0.4, 0.5) is 0 Å². The molecular weight excluding hydrogens is 642 g/mol. The molecule has 0 aromatic carbocycles. The van der Waals surface area contributed by atoms with Crippen molar-refractivity contribution in [3.8, 4) is 0 Å². The summed E-state index contributed by atoms with van der Waals surface area (Å²) in [4.78, 5) is 54.1. The third-order valence-electron chi connectivity index (χ3n) is 10.9. The number of likely N-dealkylation sites (N-methyl/N-ethyl adjacent to an activating group) is 1. The van der Waals surface area contributed by atoms with E-state index in [-0.39, 0.29) is 36.6 Å². The van der Waals surface area contributed by atoms with Gasteiger partial charge in [-0.2, -0.15) is 0 Å². The number of amides is 3. The summed E-state index contributed by atoms with van der Waals surface area (Å²) >= 11 is 0. The molecule has 10 heteroatoms. The molecule has 4 atom stereocenters. The molecule has 2 heterocycles. The zero-order chi connectivity index (χ0) is 36.6. The second-order valence-electron chi connectivity index (χ2n) is 15.7. The molecule has 3 amide bonds. The van der Waals surface area contributed by atoms with E-state index >= 15 is 0 Å². The number of nitrogens with zero attached hydrogens (tertiary/aromatic N) is 4. The van der Waals surface area contributed by atoms with Crippen LogP contribution in [0.15, 0.2) is 48.9 Å². The maximum Gasteiger partial charge on any atom is 0.241 e. The van der Waals surface area contributed by atoms with E-state index in [0.717, 1.165) is 62.6 Å². The molecular formula is C41H63N5O5. The van der Waals surface area contributed by atoms with Crippen molar-refractivity contribution >= 4 is 17.7 Å². The van der Waals surface area contributed by atoms with Crippen LogP contribution in [0, 0.1) is 23.7 Å². The van der Waals surface area contributed by atoms with E-state index in [1.54, 1.807) is 35.4 Å². The van der Waals surface area contributed by atoms with Crippen molar-refractivity contribution in [2.45, 2.75) is 128 Å². The number of carbonyl (C=O) groups is 3. The molecule has 2 aliphatic carbocycles. The van der Waals surface area contributed by atoms with Crippen molar-refractivity contribution in [2.75, 3.05) is 26.7 Å². The lowest BCUT2D eigenvalue weighted by Crippen LogP contribution is -2.52. The maximum atomic E-state index is 14.3. The molecule has 0 spiro atoms. The fraction of sp³-hybridized carbons (Fsp3) is 0.683. The fourth-order valence-electron chi connectivity index (χ4n) is 7.83. The van der Waals surface area contributed by atoms with Gasteiger partial charge in [0.05, 0.1) is 24.6 Å². The number of pyridine rings is 2. The molecule has 4 rings (SSSR count). The highest BCUT2D eigenvalue weighted by Crippen LogP contribution is 2.30. The van der Waals surface area contributed by atoms with Crippen LogP contribution in [0.2, 0.25) is 0 Å². The molecule has 0 unspecified atom stereocenters. The number of aliphatic hydroxyl groups excluding tert-OH is 2. The summed E-state index contributed by atoms with van der Waals surface area (Å²) in [5.74, 6) is -0.564. The third-order valence-corrected chi connectivity index (χ3v) is 10.9. The Bertz CT molecular complexity index is 1320. The average molecular weight is 706 g/mol. The second kappa shape index (κ2) is 21.2. The summed E-state index contributed by atoms with van der Waals surface area (Å²) in [5.41, 5.74) is 1.74. The van der Waals surface area contributed by atoms with Gasteiger partial charge in [0, 0.05) is 57.3 Å². The van der Waals surface area contributed by atoms with Crippen molar-refractivity contribution in [1.82, 2.24) is 25.1 Å². The zero-order valence-corrected chi connectivity index (χ0v) is 31.3. The molecule has 3 N–H and O–H groups in total. The summed E-state index contributed by atoms with van der Waals surface area (Å²) in [6, 6.07) is 8.82. The van der Waals surface area contributed by atoms with Crippen LogP contribution in [-0.4, -0.2) is 92.6 Å². The SMILES string of the molecule is CC(C)C[C@H](O)[C@H](O)[C@H](CC1CCCCC1)NC(=O)[C@@H](CC(=O)N(CC(=O)N(C)CCc1ccccn1)CC1CCCCC1)Cc1cccnc1. The molecule has 0 aliphatic heterocycles.